The number of carbonyl (C=O) groups excluding carboxylic acids is 1. The summed E-state index contributed by atoms with van der Waals surface area (Å²) in [4.78, 5) is 12.0. The molecule has 0 fully saturated rings. The van der Waals surface area contributed by atoms with Gasteiger partial charge in [-0.15, -0.1) is 0 Å². The van der Waals surface area contributed by atoms with Crippen LogP contribution in [0.5, 0.6) is 5.75 Å². The van der Waals surface area contributed by atoms with Crippen LogP contribution in [-0.2, 0) is 0 Å². The standard InChI is InChI=1S/C15H22O2S/c1-5-17-14-8-6-13(7-9-14)15(16)10-18-12(4)11(2)3/h6-9,11-12H,5,10H2,1-4H3. The molecular weight excluding hydrogens is 244 g/mol. The van der Waals surface area contributed by atoms with Crippen LogP contribution in [0.4, 0.5) is 0 Å². The Morgan fingerprint density at radius 1 is 1.22 bits per heavy atom. The van der Waals surface area contributed by atoms with Gasteiger partial charge in [-0.3, -0.25) is 4.79 Å². The first-order valence-corrected chi connectivity index (χ1v) is 7.47. The van der Waals surface area contributed by atoms with E-state index in [2.05, 4.69) is 20.8 Å². The third-order valence-corrected chi connectivity index (χ3v) is 4.40. The van der Waals surface area contributed by atoms with E-state index in [0.29, 0.717) is 23.5 Å². The predicted octanol–water partition coefficient (Wildman–Crippen LogP) is 4.05. The van der Waals surface area contributed by atoms with Crippen LogP contribution in [0.25, 0.3) is 0 Å². The Morgan fingerprint density at radius 2 is 1.83 bits per heavy atom. The van der Waals surface area contributed by atoms with Gasteiger partial charge in [0.2, 0.25) is 0 Å². The molecule has 3 heteroatoms. The fourth-order valence-electron chi connectivity index (χ4n) is 1.39. The molecule has 0 aromatic heterocycles. The molecule has 0 N–H and O–H groups in total. The van der Waals surface area contributed by atoms with Crippen molar-refractivity contribution in [3.8, 4) is 5.75 Å². The number of thioether (sulfide) groups is 1. The molecule has 0 amide bonds. The molecule has 0 heterocycles. The second kappa shape index (κ2) is 7.47. The van der Waals surface area contributed by atoms with Crippen molar-refractivity contribution in [2.45, 2.75) is 32.9 Å². The lowest BCUT2D eigenvalue weighted by atomic mass is 10.1. The van der Waals surface area contributed by atoms with E-state index < -0.39 is 0 Å². The van der Waals surface area contributed by atoms with E-state index in [4.69, 9.17) is 4.74 Å². The van der Waals surface area contributed by atoms with Crippen molar-refractivity contribution in [2.24, 2.45) is 5.92 Å². The van der Waals surface area contributed by atoms with E-state index in [9.17, 15) is 4.79 Å². The molecule has 100 valence electrons. The number of carbonyl (C=O) groups is 1. The van der Waals surface area contributed by atoms with Gasteiger partial charge in [0.15, 0.2) is 5.78 Å². The fraction of sp³-hybridized carbons (Fsp3) is 0.533. The van der Waals surface area contributed by atoms with Crippen molar-refractivity contribution < 1.29 is 9.53 Å². The Labute approximate surface area is 114 Å². The molecule has 0 radical (unpaired) electrons. The Bertz CT molecular complexity index is 371. The molecule has 1 atom stereocenters. The van der Waals surface area contributed by atoms with Crippen LogP contribution in [0, 0.1) is 5.92 Å². The maximum absolute atomic E-state index is 12.0. The number of rotatable bonds is 7. The molecule has 0 aliphatic carbocycles. The number of ether oxygens (including phenoxy) is 1. The van der Waals surface area contributed by atoms with E-state index in [-0.39, 0.29) is 5.78 Å². The molecule has 0 aliphatic heterocycles. The zero-order valence-electron chi connectivity index (χ0n) is 11.6. The maximum atomic E-state index is 12.0. The highest BCUT2D eigenvalue weighted by Gasteiger charge is 2.11. The average Bonchev–Trinajstić information content (AvgIpc) is 2.36. The third kappa shape index (κ3) is 4.73. The maximum Gasteiger partial charge on any atom is 0.172 e. The molecule has 18 heavy (non-hydrogen) atoms. The molecule has 1 rings (SSSR count). The first-order valence-electron chi connectivity index (χ1n) is 6.42. The summed E-state index contributed by atoms with van der Waals surface area (Å²) in [5, 5.41) is 0.511. The Morgan fingerprint density at radius 3 is 2.33 bits per heavy atom. The van der Waals surface area contributed by atoms with Gasteiger partial charge in [0.1, 0.15) is 5.75 Å². The SMILES string of the molecule is CCOc1ccc(C(=O)CSC(C)C(C)C)cc1. The predicted molar refractivity (Wildman–Crippen MR) is 78.7 cm³/mol. The number of hydrogen-bond acceptors (Lipinski definition) is 3. The van der Waals surface area contributed by atoms with Crippen molar-refractivity contribution in [2.75, 3.05) is 12.4 Å². The summed E-state index contributed by atoms with van der Waals surface area (Å²) in [6.07, 6.45) is 0. The minimum Gasteiger partial charge on any atom is -0.494 e. The normalized spacial score (nSPS) is 12.5. The number of Topliss-reactive ketones (excluding diaryl/α,β-unsaturated/α-hetero) is 1. The van der Waals surface area contributed by atoms with E-state index in [0.717, 1.165) is 11.3 Å². The summed E-state index contributed by atoms with van der Waals surface area (Å²) in [5.41, 5.74) is 0.766. The minimum absolute atomic E-state index is 0.190. The topological polar surface area (TPSA) is 26.3 Å². The highest BCUT2D eigenvalue weighted by atomic mass is 32.2. The zero-order chi connectivity index (χ0) is 13.5. The molecule has 0 aliphatic rings. The summed E-state index contributed by atoms with van der Waals surface area (Å²) in [6, 6.07) is 7.39. The van der Waals surface area contributed by atoms with Gasteiger partial charge in [-0.1, -0.05) is 20.8 Å². The number of ketones is 1. The zero-order valence-corrected chi connectivity index (χ0v) is 12.4. The minimum atomic E-state index is 0.190. The van der Waals surface area contributed by atoms with Gasteiger partial charge in [0, 0.05) is 10.8 Å². The molecule has 2 nitrogen and oxygen atoms in total. The van der Waals surface area contributed by atoms with Crippen LogP contribution in [0.1, 0.15) is 38.1 Å². The van der Waals surface area contributed by atoms with Gasteiger partial charge in [0.05, 0.1) is 12.4 Å². The van der Waals surface area contributed by atoms with Crippen molar-refractivity contribution in [1.29, 1.82) is 0 Å². The lowest BCUT2D eigenvalue weighted by Crippen LogP contribution is -2.11. The smallest absolute Gasteiger partial charge is 0.172 e. The molecule has 0 bridgehead atoms. The first-order chi connectivity index (χ1) is 8.54. The molecule has 1 aromatic carbocycles. The Hall–Kier alpha value is -0.960. The van der Waals surface area contributed by atoms with Crippen molar-refractivity contribution >= 4 is 17.5 Å². The fourth-order valence-corrected chi connectivity index (χ4v) is 2.35. The summed E-state index contributed by atoms with van der Waals surface area (Å²) < 4.78 is 5.35. The van der Waals surface area contributed by atoms with Crippen LogP contribution in [0.3, 0.4) is 0 Å². The van der Waals surface area contributed by atoms with Crippen molar-refractivity contribution in [1.82, 2.24) is 0 Å². The Kier molecular flexibility index (Phi) is 6.27. The van der Waals surface area contributed by atoms with E-state index in [1.54, 1.807) is 11.8 Å². The first kappa shape index (κ1) is 15.1. The lowest BCUT2D eigenvalue weighted by molar-refractivity contribution is 0.102. The Balaban J connectivity index is 2.51. The average molecular weight is 266 g/mol. The molecular formula is C15H22O2S. The number of hydrogen-bond donors (Lipinski definition) is 0. The highest BCUT2D eigenvalue weighted by molar-refractivity contribution is 8.00. The summed E-state index contributed by atoms with van der Waals surface area (Å²) in [5.74, 6) is 2.16. The monoisotopic (exact) mass is 266 g/mol. The molecule has 0 spiro atoms. The molecule has 1 aromatic rings. The molecule has 1 unspecified atom stereocenters. The van der Waals surface area contributed by atoms with Crippen LogP contribution >= 0.6 is 11.8 Å². The third-order valence-electron chi connectivity index (χ3n) is 2.90. The molecule has 0 saturated carbocycles. The van der Waals surface area contributed by atoms with Gasteiger partial charge in [-0.05, 0) is 37.1 Å². The van der Waals surface area contributed by atoms with E-state index in [1.165, 1.54) is 0 Å². The van der Waals surface area contributed by atoms with Crippen LogP contribution in [-0.4, -0.2) is 23.4 Å². The largest absolute Gasteiger partial charge is 0.494 e. The lowest BCUT2D eigenvalue weighted by Gasteiger charge is -2.14. The second-order valence-electron chi connectivity index (χ2n) is 4.64. The molecule has 0 saturated heterocycles. The number of benzene rings is 1. The van der Waals surface area contributed by atoms with Crippen LogP contribution in [0.15, 0.2) is 24.3 Å². The van der Waals surface area contributed by atoms with Gasteiger partial charge < -0.3 is 4.74 Å². The van der Waals surface area contributed by atoms with Gasteiger partial charge in [-0.2, -0.15) is 11.8 Å². The van der Waals surface area contributed by atoms with Gasteiger partial charge in [-0.25, -0.2) is 0 Å². The quantitative estimate of drug-likeness (QED) is 0.697. The van der Waals surface area contributed by atoms with Crippen molar-refractivity contribution in [3.63, 3.8) is 0 Å². The van der Waals surface area contributed by atoms with E-state index >= 15 is 0 Å². The van der Waals surface area contributed by atoms with Gasteiger partial charge in [0.25, 0.3) is 0 Å². The summed E-state index contributed by atoms with van der Waals surface area (Å²) in [7, 11) is 0. The van der Waals surface area contributed by atoms with Crippen molar-refractivity contribution in [3.05, 3.63) is 29.8 Å². The van der Waals surface area contributed by atoms with E-state index in [1.807, 2.05) is 31.2 Å². The van der Waals surface area contributed by atoms with Gasteiger partial charge >= 0.3 is 0 Å². The second-order valence-corrected chi connectivity index (χ2v) is 6.01. The van der Waals surface area contributed by atoms with Crippen LogP contribution in [0.2, 0.25) is 0 Å². The van der Waals surface area contributed by atoms with Crippen LogP contribution < -0.4 is 4.74 Å². The summed E-state index contributed by atoms with van der Waals surface area (Å²) >= 11 is 1.72. The summed E-state index contributed by atoms with van der Waals surface area (Å²) in [6.45, 7) is 9.12. The highest BCUT2D eigenvalue weighted by Crippen LogP contribution is 2.20.